The monoisotopic (exact) mass is 245 g/mol. The molecule has 1 nitrogen and oxygen atoms in total. The molecule has 0 bridgehead atoms. The first-order valence-electron chi connectivity index (χ1n) is 4.56. The van der Waals surface area contributed by atoms with Crippen LogP contribution in [0.15, 0.2) is 24.3 Å². The molecule has 0 aliphatic rings. The third-order valence-corrected chi connectivity index (χ3v) is 4.15. The van der Waals surface area contributed by atoms with E-state index in [0.717, 1.165) is 21.5 Å². The number of hydrogen-bond acceptors (Lipinski definition) is 3. The van der Waals surface area contributed by atoms with E-state index >= 15 is 0 Å². The summed E-state index contributed by atoms with van der Waals surface area (Å²) < 4.78 is 3.29. The van der Waals surface area contributed by atoms with Gasteiger partial charge in [-0.05, 0) is 41.2 Å². The number of rotatable bonds is 6. The molecule has 1 rings (SSSR count). The molecule has 14 heavy (non-hydrogen) atoms. The lowest BCUT2D eigenvalue weighted by molar-refractivity contribution is 0.913. The molecule has 78 valence electrons. The highest BCUT2D eigenvalue weighted by molar-refractivity contribution is 8.75. The van der Waals surface area contributed by atoms with Gasteiger partial charge in [0.1, 0.15) is 0 Å². The highest BCUT2D eigenvalue weighted by atomic mass is 33.1. The molecule has 1 atom stereocenters. The quantitative estimate of drug-likeness (QED) is 0.358. The van der Waals surface area contributed by atoms with E-state index < -0.39 is 0 Å². The van der Waals surface area contributed by atoms with Crippen molar-refractivity contribution in [2.75, 3.05) is 19.5 Å². The van der Waals surface area contributed by atoms with E-state index in [-0.39, 0.29) is 0 Å². The maximum atomic E-state index is 3.29. The highest BCUT2D eigenvalue weighted by Crippen LogP contribution is 2.11. The minimum Gasteiger partial charge on any atom is -0.254 e. The van der Waals surface area contributed by atoms with Crippen LogP contribution in [0.1, 0.15) is 5.56 Å². The van der Waals surface area contributed by atoms with Gasteiger partial charge >= 0.3 is 0 Å². The Bertz CT molecular complexity index is 251. The van der Waals surface area contributed by atoms with Crippen molar-refractivity contribution in [1.82, 2.24) is 4.72 Å². The molecule has 1 aromatic rings. The SMILES string of the molecule is CPc1ccc(CCNSSC)cc1. The second kappa shape index (κ2) is 7.58. The lowest BCUT2D eigenvalue weighted by Gasteiger charge is -2.03. The molecule has 1 N–H and O–H groups in total. The Kier molecular flexibility index (Phi) is 6.70. The van der Waals surface area contributed by atoms with Gasteiger partial charge in [-0.15, -0.1) is 0 Å². The summed E-state index contributed by atoms with van der Waals surface area (Å²) in [5.41, 5.74) is 1.42. The molecule has 4 heteroatoms. The van der Waals surface area contributed by atoms with Crippen molar-refractivity contribution in [3.8, 4) is 0 Å². The molecule has 0 fully saturated rings. The molecule has 0 aromatic heterocycles. The lowest BCUT2D eigenvalue weighted by Crippen LogP contribution is -2.07. The summed E-state index contributed by atoms with van der Waals surface area (Å²) in [5, 5.41) is 1.44. The van der Waals surface area contributed by atoms with Crippen LogP contribution in [-0.2, 0) is 6.42 Å². The average Bonchev–Trinajstić information content (AvgIpc) is 2.25. The molecule has 0 heterocycles. The van der Waals surface area contributed by atoms with Crippen molar-refractivity contribution in [2.45, 2.75) is 6.42 Å². The van der Waals surface area contributed by atoms with Crippen molar-refractivity contribution in [3.63, 3.8) is 0 Å². The van der Waals surface area contributed by atoms with Gasteiger partial charge < -0.3 is 0 Å². The zero-order valence-corrected chi connectivity index (χ0v) is 11.2. The Morgan fingerprint density at radius 3 is 2.57 bits per heavy atom. The third kappa shape index (κ3) is 4.70. The number of nitrogens with one attached hydrogen (secondary N) is 1. The first-order valence-corrected chi connectivity index (χ1v) is 8.62. The lowest BCUT2D eigenvalue weighted by atomic mass is 10.2. The summed E-state index contributed by atoms with van der Waals surface area (Å²) in [7, 11) is 4.36. The van der Waals surface area contributed by atoms with Gasteiger partial charge in [0.05, 0.1) is 0 Å². The van der Waals surface area contributed by atoms with Crippen LogP contribution in [0, 0.1) is 0 Å². The van der Waals surface area contributed by atoms with Crippen LogP contribution in [-0.4, -0.2) is 19.5 Å². The normalized spacial score (nSPS) is 11.3. The highest BCUT2D eigenvalue weighted by Gasteiger charge is 1.93. The van der Waals surface area contributed by atoms with Crippen molar-refractivity contribution in [2.24, 2.45) is 0 Å². The van der Waals surface area contributed by atoms with E-state index in [1.165, 1.54) is 10.9 Å². The Hall–Kier alpha value is 0.310. The summed E-state index contributed by atoms with van der Waals surface area (Å²) >= 11 is 0. The van der Waals surface area contributed by atoms with Gasteiger partial charge in [0.2, 0.25) is 0 Å². The van der Waals surface area contributed by atoms with E-state index in [9.17, 15) is 0 Å². The van der Waals surface area contributed by atoms with Crippen LogP contribution in [0.25, 0.3) is 0 Å². The standard InChI is InChI=1S/C10H16NPS2/c1-12-10-5-3-9(4-6-10)7-8-11-14-13-2/h3-6,11-12H,7-8H2,1-2H3. The zero-order valence-electron chi connectivity index (χ0n) is 8.54. The largest absolute Gasteiger partial charge is 0.254 e. The first kappa shape index (κ1) is 12.4. The van der Waals surface area contributed by atoms with Crippen molar-refractivity contribution in [3.05, 3.63) is 29.8 Å². The van der Waals surface area contributed by atoms with Crippen molar-refractivity contribution < 1.29 is 0 Å². The maximum Gasteiger partial charge on any atom is 0.0107 e. The molecule has 0 saturated carbocycles. The minimum absolute atomic E-state index is 0.906. The maximum absolute atomic E-state index is 3.29. The molecule has 1 aromatic carbocycles. The molecule has 0 saturated heterocycles. The second-order valence-electron chi connectivity index (χ2n) is 2.84. The van der Waals surface area contributed by atoms with Crippen LogP contribution < -0.4 is 10.0 Å². The van der Waals surface area contributed by atoms with Gasteiger partial charge in [0.15, 0.2) is 0 Å². The van der Waals surface area contributed by atoms with Crippen LogP contribution in [0.2, 0.25) is 0 Å². The number of hydrogen-bond donors (Lipinski definition) is 1. The molecular weight excluding hydrogens is 229 g/mol. The average molecular weight is 245 g/mol. The molecule has 1 unspecified atom stereocenters. The van der Waals surface area contributed by atoms with Crippen LogP contribution >= 0.6 is 30.4 Å². The number of benzene rings is 1. The minimum atomic E-state index is 0.906. The fourth-order valence-corrected chi connectivity index (χ4v) is 2.54. The fraction of sp³-hybridized carbons (Fsp3) is 0.400. The van der Waals surface area contributed by atoms with E-state index in [1.807, 2.05) is 0 Å². The summed E-state index contributed by atoms with van der Waals surface area (Å²) in [6.45, 7) is 3.25. The molecule has 0 aliphatic carbocycles. The molecule has 0 amide bonds. The van der Waals surface area contributed by atoms with Crippen molar-refractivity contribution >= 4 is 35.7 Å². The zero-order chi connectivity index (χ0) is 10.2. The van der Waals surface area contributed by atoms with Gasteiger partial charge in [0.25, 0.3) is 0 Å². The molecule has 0 aliphatic heterocycles. The fourth-order valence-electron chi connectivity index (χ4n) is 1.13. The third-order valence-electron chi connectivity index (χ3n) is 1.90. The first-order chi connectivity index (χ1) is 6.86. The summed E-state index contributed by atoms with van der Waals surface area (Å²) in [6, 6.07) is 8.93. The van der Waals surface area contributed by atoms with Gasteiger partial charge in [0, 0.05) is 6.54 Å². The van der Waals surface area contributed by atoms with Crippen molar-refractivity contribution in [1.29, 1.82) is 0 Å². The van der Waals surface area contributed by atoms with E-state index in [2.05, 4.69) is 41.9 Å². The van der Waals surface area contributed by atoms with Crippen LogP contribution in [0.4, 0.5) is 0 Å². The molecular formula is C10H16NPS2. The van der Waals surface area contributed by atoms with Gasteiger partial charge in [-0.3, -0.25) is 4.72 Å². The summed E-state index contributed by atoms with van der Waals surface area (Å²) in [4.78, 5) is 0. The summed E-state index contributed by atoms with van der Waals surface area (Å²) in [6.07, 6.45) is 3.19. The van der Waals surface area contributed by atoms with Crippen LogP contribution in [0.3, 0.4) is 0 Å². The van der Waals surface area contributed by atoms with E-state index in [1.54, 1.807) is 21.8 Å². The van der Waals surface area contributed by atoms with Gasteiger partial charge in [-0.1, -0.05) is 43.6 Å². The Balaban J connectivity index is 2.29. The van der Waals surface area contributed by atoms with E-state index in [0.29, 0.717) is 0 Å². The van der Waals surface area contributed by atoms with Crippen LogP contribution in [0.5, 0.6) is 0 Å². The Morgan fingerprint density at radius 2 is 2.00 bits per heavy atom. The second-order valence-corrected chi connectivity index (χ2v) is 6.21. The topological polar surface area (TPSA) is 12.0 Å². The van der Waals surface area contributed by atoms with Gasteiger partial charge in [-0.25, -0.2) is 0 Å². The Morgan fingerprint density at radius 1 is 1.29 bits per heavy atom. The van der Waals surface area contributed by atoms with Gasteiger partial charge in [-0.2, -0.15) is 0 Å². The predicted molar refractivity (Wildman–Crippen MR) is 73.1 cm³/mol. The van der Waals surface area contributed by atoms with E-state index in [4.69, 9.17) is 0 Å². The summed E-state index contributed by atoms with van der Waals surface area (Å²) in [5.74, 6) is 0. The molecule has 0 spiro atoms. The smallest absolute Gasteiger partial charge is 0.0107 e. The Labute approximate surface area is 96.1 Å². The predicted octanol–water partition coefficient (Wildman–Crippen LogP) is 2.68. The molecule has 0 radical (unpaired) electrons.